The first-order valence-corrected chi connectivity index (χ1v) is 7.13. The van der Waals surface area contributed by atoms with Crippen molar-refractivity contribution in [3.8, 4) is 5.75 Å². The first-order valence-electron chi connectivity index (χ1n) is 7.13. The third-order valence-corrected chi connectivity index (χ3v) is 3.71. The highest BCUT2D eigenvalue weighted by Crippen LogP contribution is 2.26. The predicted octanol–water partition coefficient (Wildman–Crippen LogP) is 2.55. The molecule has 1 N–H and O–H groups in total. The van der Waals surface area contributed by atoms with Gasteiger partial charge >= 0.3 is 0 Å². The minimum absolute atomic E-state index is 0.316. The first-order chi connectivity index (χ1) is 9.81. The molecule has 0 bridgehead atoms. The zero-order valence-corrected chi connectivity index (χ0v) is 11.5. The van der Waals surface area contributed by atoms with Gasteiger partial charge in [0, 0.05) is 18.8 Å². The quantitative estimate of drug-likeness (QED) is 0.907. The summed E-state index contributed by atoms with van der Waals surface area (Å²) in [4.78, 5) is 4.07. The van der Waals surface area contributed by atoms with Crippen LogP contribution in [0.4, 0.5) is 0 Å². The van der Waals surface area contributed by atoms with E-state index in [0.717, 1.165) is 37.2 Å². The zero-order chi connectivity index (χ0) is 13.8. The SMILES string of the molecule is OC(CCc1ccc2c(c1)CCO2)Cc1cccnc1. The van der Waals surface area contributed by atoms with E-state index in [9.17, 15) is 5.11 Å². The van der Waals surface area contributed by atoms with E-state index in [2.05, 4.69) is 17.1 Å². The van der Waals surface area contributed by atoms with Crippen LogP contribution in [0.3, 0.4) is 0 Å². The molecule has 0 fully saturated rings. The highest BCUT2D eigenvalue weighted by atomic mass is 16.5. The van der Waals surface area contributed by atoms with Crippen LogP contribution in [0.2, 0.25) is 0 Å². The normalized spacial score (nSPS) is 14.7. The lowest BCUT2D eigenvalue weighted by atomic mass is 10.0. The molecular weight excluding hydrogens is 250 g/mol. The predicted molar refractivity (Wildman–Crippen MR) is 77.9 cm³/mol. The van der Waals surface area contributed by atoms with E-state index < -0.39 is 0 Å². The number of hydrogen-bond donors (Lipinski definition) is 1. The lowest BCUT2D eigenvalue weighted by molar-refractivity contribution is 0.165. The Morgan fingerprint density at radius 3 is 3.05 bits per heavy atom. The van der Waals surface area contributed by atoms with Gasteiger partial charge in [-0.1, -0.05) is 18.2 Å². The van der Waals surface area contributed by atoms with Gasteiger partial charge < -0.3 is 9.84 Å². The molecule has 0 spiro atoms. The summed E-state index contributed by atoms with van der Waals surface area (Å²) in [6, 6.07) is 10.3. The second-order valence-corrected chi connectivity index (χ2v) is 5.30. The summed E-state index contributed by atoms with van der Waals surface area (Å²) in [5.41, 5.74) is 3.66. The van der Waals surface area contributed by atoms with E-state index in [0.29, 0.717) is 6.42 Å². The summed E-state index contributed by atoms with van der Waals surface area (Å²) < 4.78 is 5.50. The molecule has 1 aliphatic heterocycles. The van der Waals surface area contributed by atoms with Crippen molar-refractivity contribution in [1.82, 2.24) is 4.98 Å². The molecule has 1 aromatic carbocycles. The topological polar surface area (TPSA) is 42.4 Å². The van der Waals surface area contributed by atoms with Crippen LogP contribution in [0.15, 0.2) is 42.7 Å². The Labute approximate surface area is 119 Å². The molecule has 0 aliphatic carbocycles. The monoisotopic (exact) mass is 269 g/mol. The molecular formula is C17H19NO2. The maximum Gasteiger partial charge on any atom is 0.122 e. The third kappa shape index (κ3) is 3.17. The van der Waals surface area contributed by atoms with E-state index >= 15 is 0 Å². The summed E-state index contributed by atoms with van der Waals surface area (Å²) in [6.07, 6.45) is 6.59. The number of rotatable bonds is 5. The number of nitrogens with zero attached hydrogens (tertiary/aromatic N) is 1. The number of aryl methyl sites for hydroxylation is 1. The van der Waals surface area contributed by atoms with Crippen molar-refractivity contribution in [2.45, 2.75) is 31.8 Å². The highest BCUT2D eigenvalue weighted by Gasteiger charge is 2.12. The minimum Gasteiger partial charge on any atom is -0.493 e. The molecule has 3 heteroatoms. The number of hydrogen-bond acceptors (Lipinski definition) is 3. The molecule has 1 aliphatic rings. The number of ether oxygens (including phenoxy) is 1. The van der Waals surface area contributed by atoms with Crippen LogP contribution < -0.4 is 4.74 Å². The van der Waals surface area contributed by atoms with Gasteiger partial charge in [0.25, 0.3) is 0 Å². The zero-order valence-electron chi connectivity index (χ0n) is 11.5. The molecule has 2 aromatic rings. The number of fused-ring (bicyclic) bond motifs is 1. The van der Waals surface area contributed by atoms with Crippen LogP contribution in [-0.2, 0) is 19.3 Å². The summed E-state index contributed by atoms with van der Waals surface area (Å²) in [6.45, 7) is 0.794. The smallest absolute Gasteiger partial charge is 0.122 e. The third-order valence-electron chi connectivity index (χ3n) is 3.71. The fourth-order valence-electron chi connectivity index (χ4n) is 2.62. The van der Waals surface area contributed by atoms with Gasteiger partial charge in [0.2, 0.25) is 0 Å². The summed E-state index contributed by atoms with van der Waals surface area (Å²) in [5.74, 6) is 1.02. The summed E-state index contributed by atoms with van der Waals surface area (Å²) in [7, 11) is 0. The second-order valence-electron chi connectivity index (χ2n) is 5.30. The van der Waals surface area contributed by atoms with Gasteiger partial charge in [0.05, 0.1) is 12.7 Å². The van der Waals surface area contributed by atoms with Crippen LogP contribution in [0.1, 0.15) is 23.1 Å². The molecule has 2 heterocycles. The van der Waals surface area contributed by atoms with Crippen LogP contribution in [0, 0.1) is 0 Å². The van der Waals surface area contributed by atoms with Gasteiger partial charge in [0.1, 0.15) is 5.75 Å². The molecule has 1 aromatic heterocycles. The molecule has 20 heavy (non-hydrogen) atoms. The standard InChI is InChI=1S/C17H19NO2/c19-16(11-14-2-1-8-18-12-14)5-3-13-4-6-17-15(10-13)7-9-20-17/h1-2,4,6,8,10,12,16,19H,3,5,7,9,11H2. The number of aliphatic hydroxyl groups excluding tert-OH is 1. The van der Waals surface area contributed by atoms with Gasteiger partial charge in [0.15, 0.2) is 0 Å². The van der Waals surface area contributed by atoms with Gasteiger partial charge in [-0.05, 0) is 48.1 Å². The Bertz CT molecular complexity index is 568. The average molecular weight is 269 g/mol. The Morgan fingerprint density at radius 2 is 2.20 bits per heavy atom. The molecule has 3 rings (SSSR count). The Hall–Kier alpha value is -1.87. The van der Waals surface area contributed by atoms with Crippen molar-refractivity contribution < 1.29 is 9.84 Å². The molecule has 1 atom stereocenters. The van der Waals surface area contributed by atoms with Crippen LogP contribution in [0.25, 0.3) is 0 Å². The number of aromatic nitrogens is 1. The van der Waals surface area contributed by atoms with E-state index in [1.807, 2.05) is 24.4 Å². The van der Waals surface area contributed by atoms with Gasteiger partial charge in [-0.15, -0.1) is 0 Å². The molecule has 0 saturated heterocycles. The maximum atomic E-state index is 10.1. The average Bonchev–Trinajstić information content (AvgIpc) is 2.93. The minimum atomic E-state index is -0.316. The fourth-order valence-corrected chi connectivity index (χ4v) is 2.62. The van der Waals surface area contributed by atoms with E-state index in [1.54, 1.807) is 6.20 Å². The maximum absolute atomic E-state index is 10.1. The Morgan fingerprint density at radius 1 is 1.25 bits per heavy atom. The summed E-state index contributed by atoms with van der Waals surface area (Å²) >= 11 is 0. The molecule has 0 radical (unpaired) electrons. The number of pyridine rings is 1. The van der Waals surface area contributed by atoms with Crippen molar-refractivity contribution in [3.63, 3.8) is 0 Å². The van der Waals surface area contributed by atoms with E-state index in [1.165, 1.54) is 11.1 Å². The van der Waals surface area contributed by atoms with Gasteiger partial charge in [-0.3, -0.25) is 4.98 Å². The van der Waals surface area contributed by atoms with E-state index in [-0.39, 0.29) is 6.10 Å². The molecule has 1 unspecified atom stereocenters. The van der Waals surface area contributed by atoms with Crippen molar-refractivity contribution >= 4 is 0 Å². The first kappa shape index (κ1) is 13.1. The van der Waals surface area contributed by atoms with Crippen molar-refractivity contribution in [2.24, 2.45) is 0 Å². The summed E-state index contributed by atoms with van der Waals surface area (Å²) in [5, 5.41) is 10.1. The van der Waals surface area contributed by atoms with Crippen molar-refractivity contribution in [3.05, 3.63) is 59.4 Å². The number of benzene rings is 1. The molecule has 3 nitrogen and oxygen atoms in total. The molecule has 104 valence electrons. The van der Waals surface area contributed by atoms with Crippen LogP contribution >= 0.6 is 0 Å². The Kier molecular flexibility index (Phi) is 3.97. The largest absolute Gasteiger partial charge is 0.493 e. The number of aliphatic hydroxyl groups is 1. The lowest BCUT2D eigenvalue weighted by Gasteiger charge is -2.11. The van der Waals surface area contributed by atoms with Gasteiger partial charge in [-0.25, -0.2) is 0 Å². The van der Waals surface area contributed by atoms with Crippen LogP contribution in [-0.4, -0.2) is 22.8 Å². The van der Waals surface area contributed by atoms with Gasteiger partial charge in [-0.2, -0.15) is 0 Å². The van der Waals surface area contributed by atoms with Crippen molar-refractivity contribution in [1.29, 1.82) is 0 Å². The Balaban J connectivity index is 1.54. The van der Waals surface area contributed by atoms with E-state index in [4.69, 9.17) is 4.74 Å². The molecule has 0 amide bonds. The fraction of sp³-hybridized carbons (Fsp3) is 0.353. The van der Waals surface area contributed by atoms with Crippen molar-refractivity contribution in [2.75, 3.05) is 6.61 Å². The second kappa shape index (κ2) is 6.06. The lowest BCUT2D eigenvalue weighted by Crippen LogP contribution is -2.11. The van der Waals surface area contributed by atoms with Crippen LogP contribution in [0.5, 0.6) is 5.75 Å². The molecule has 0 saturated carbocycles. The highest BCUT2D eigenvalue weighted by molar-refractivity contribution is 5.39.